The second kappa shape index (κ2) is 8.72. The molecule has 1 heterocycles. The van der Waals surface area contributed by atoms with E-state index in [-0.39, 0.29) is 8.78 Å². The van der Waals surface area contributed by atoms with Crippen LogP contribution in [0.3, 0.4) is 0 Å². The first-order valence-corrected chi connectivity index (χ1v) is 10.5. The van der Waals surface area contributed by atoms with Gasteiger partial charge in [-0.1, -0.05) is 37.1 Å². The van der Waals surface area contributed by atoms with Gasteiger partial charge in [0.1, 0.15) is 22.9 Å². The molecule has 1 aromatic rings. The molecule has 0 aromatic heterocycles. The molecule has 1 atom stereocenters. The summed E-state index contributed by atoms with van der Waals surface area (Å²) < 4.78 is 62.5. The summed E-state index contributed by atoms with van der Waals surface area (Å²) in [6, 6.07) is 5.78. The van der Waals surface area contributed by atoms with E-state index in [1.54, 1.807) is 30.4 Å². The minimum Gasteiger partial charge on any atom is -0.744 e. The Bertz CT molecular complexity index is 826. The van der Waals surface area contributed by atoms with Gasteiger partial charge in [-0.2, -0.15) is 3.89 Å². The minimum absolute atomic E-state index is 0.178. The Morgan fingerprint density at radius 3 is 2.12 bits per heavy atom. The molecule has 0 spiro atoms. The fraction of sp³-hybridized carbons (Fsp3) is 0.375. The number of hydrogen-bond donors (Lipinski definition) is 1. The molecule has 7 nitrogen and oxygen atoms in total. The predicted molar refractivity (Wildman–Crippen MR) is 93.9 cm³/mol. The maximum atomic E-state index is 11.3. The molecule has 1 N–H and O–H groups in total. The standard InChI is InChI=1S/C9H15NO3S.C7H8O3S/c1-2-3-7-10(14(11,12)13)8-5-4-6-9-10;1-6-2-4-7(5-3-6)11(8,9)10/h4-6,8H,2-3,7,9H2,1H3;2-5H,1H3,(H,8,9,10). The summed E-state index contributed by atoms with van der Waals surface area (Å²) in [5.41, 5.74) is 0.928. The molecule has 0 saturated carbocycles. The summed E-state index contributed by atoms with van der Waals surface area (Å²) in [5, 5.41) is 0. The lowest BCUT2D eigenvalue weighted by Gasteiger charge is -2.30. The van der Waals surface area contributed by atoms with Gasteiger partial charge in [0.2, 0.25) is 0 Å². The third kappa shape index (κ3) is 6.37. The van der Waals surface area contributed by atoms with Crippen molar-refractivity contribution in [3.63, 3.8) is 0 Å². The van der Waals surface area contributed by atoms with Gasteiger partial charge < -0.3 is 4.55 Å². The van der Waals surface area contributed by atoms with Crippen LogP contribution in [0.5, 0.6) is 0 Å². The van der Waals surface area contributed by atoms with Gasteiger partial charge in [-0.3, -0.25) is 0 Å². The third-order valence-electron chi connectivity index (χ3n) is 3.68. The molecule has 9 heteroatoms. The van der Waals surface area contributed by atoms with Crippen LogP contribution in [0.1, 0.15) is 25.3 Å². The van der Waals surface area contributed by atoms with Gasteiger partial charge in [0, 0.05) is 0 Å². The van der Waals surface area contributed by atoms with Gasteiger partial charge in [0.05, 0.1) is 11.4 Å². The zero-order valence-electron chi connectivity index (χ0n) is 14.2. The van der Waals surface area contributed by atoms with E-state index in [1.807, 2.05) is 13.8 Å². The largest absolute Gasteiger partial charge is 0.744 e. The highest BCUT2D eigenvalue weighted by Gasteiger charge is 2.38. The Labute approximate surface area is 149 Å². The zero-order chi connectivity index (χ0) is 19.1. The van der Waals surface area contributed by atoms with E-state index in [4.69, 9.17) is 0 Å². The topological polar surface area (TPSA) is 112 Å². The van der Waals surface area contributed by atoms with Gasteiger partial charge in [-0.25, -0.2) is 13.0 Å². The Morgan fingerprint density at radius 1 is 1.12 bits per heavy atom. The van der Waals surface area contributed by atoms with E-state index < -0.39 is 20.4 Å². The van der Waals surface area contributed by atoms with E-state index in [1.165, 1.54) is 18.3 Å². The average Bonchev–Trinajstić information content (AvgIpc) is 2.53. The molecule has 140 valence electrons. The van der Waals surface area contributed by atoms with Crippen LogP contribution < -0.4 is 0 Å². The first-order chi connectivity index (χ1) is 11.5. The van der Waals surface area contributed by atoms with Crippen molar-refractivity contribution < 1.29 is 29.8 Å². The Hall–Kier alpha value is -1.52. The van der Waals surface area contributed by atoms with Crippen LogP contribution >= 0.6 is 0 Å². The molecular formula is C16H23NO6S2. The van der Waals surface area contributed by atoms with Crippen LogP contribution in [-0.2, 0) is 20.4 Å². The number of aryl methyl sites for hydroxylation is 1. The molecule has 0 saturated heterocycles. The van der Waals surface area contributed by atoms with Crippen molar-refractivity contribution in [3.05, 3.63) is 54.3 Å². The minimum atomic E-state index is -4.27. The number of rotatable bonds is 5. The maximum absolute atomic E-state index is 11.3. The Morgan fingerprint density at radius 2 is 1.72 bits per heavy atom. The summed E-state index contributed by atoms with van der Waals surface area (Å²) in [7, 11) is -8.33. The molecule has 1 unspecified atom stereocenters. The SMILES string of the molecule is CCCC[N+]1(S(=O)(=O)O)C=CC=CC1.Cc1ccc(S(=O)(=O)[O-])cc1. The van der Waals surface area contributed by atoms with Crippen LogP contribution in [0, 0.1) is 6.92 Å². The summed E-state index contributed by atoms with van der Waals surface area (Å²) in [6.07, 6.45) is 8.42. The molecular weight excluding hydrogens is 366 g/mol. The first kappa shape index (κ1) is 21.5. The first-order valence-electron chi connectivity index (χ1n) is 7.73. The summed E-state index contributed by atoms with van der Waals surface area (Å²) >= 11 is 0. The average molecular weight is 389 g/mol. The van der Waals surface area contributed by atoms with Crippen LogP contribution in [-0.4, -0.2) is 42.9 Å². The molecule has 25 heavy (non-hydrogen) atoms. The molecule has 0 radical (unpaired) electrons. The highest BCUT2D eigenvalue weighted by molar-refractivity contribution is 7.85. The molecule has 0 fully saturated rings. The summed E-state index contributed by atoms with van der Waals surface area (Å²) in [6.45, 7) is 4.55. The van der Waals surface area contributed by atoms with Gasteiger partial charge in [-0.15, -0.1) is 8.42 Å². The number of allylic oxidation sites excluding steroid dienone is 2. The van der Waals surface area contributed by atoms with Crippen molar-refractivity contribution >= 4 is 20.4 Å². The fourth-order valence-electron chi connectivity index (χ4n) is 2.17. The van der Waals surface area contributed by atoms with Gasteiger partial charge in [0.15, 0.2) is 0 Å². The van der Waals surface area contributed by atoms with Crippen molar-refractivity contribution in [1.82, 2.24) is 0 Å². The van der Waals surface area contributed by atoms with E-state index in [0.29, 0.717) is 13.1 Å². The second-order valence-electron chi connectivity index (χ2n) is 5.70. The highest BCUT2D eigenvalue weighted by atomic mass is 32.2. The molecule has 1 aliphatic heterocycles. The number of unbranched alkanes of at least 4 members (excludes halogenated alkanes) is 1. The second-order valence-corrected chi connectivity index (χ2v) is 8.70. The number of hydrogen-bond acceptors (Lipinski definition) is 5. The number of benzene rings is 1. The van der Waals surface area contributed by atoms with Crippen molar-refractivity contribution in [2.24, 2.45) is 0 Å². The van der Waals surface area contributed by atoms with Crippen molar-refractivity contribution in [1.29, 1.82) is 0 Å². The number of quaternary nitrogens is 1. The van der Waals surface area contributed by atoms with Crippen LogP contribution in [0.4, 0.5) is 0 Å². The third-order valence-corrected chi connectivity index (χ3v) is 5.90. The van der Waals surface area contributed by atoms with Crippen LogP contribution in [0.15, 0.2) is 53.6 Å². The van der Waals surface area contributed by atoms with Gasteiger partial charge in [0.25, 0.3) is 0 Å². The van der Waals surface area contributed by atoms with Crippen LogP contribution in [0.2, 0.25) is 0 Å². The lowest BCUT2D eigenvalue weighted by molar-refractivity contribution is -0.751. The maximum Gasteiger partial charge on any atom is 0.437 e. The lowest BCUT2D eigenvalue weighted by atomic mass is 10.2. The van der Waals surface area contributed by atoms with Crippen molar-refractivity contribution in [2.45, 2.75) is 31.6 Å². The normalized spacial score (nSPS) is 20.0. The molecule has 1 aromatic carbocycles. The summed E-state index contributed by atoms with van der Waals surface area (Å²) in [4.78, 5) is -0.178. The van der Waals surface area contributed by atoms with E-state index in [0.717, 1.165) is 18.4 Å². The van der Waals surface area contributed by atoms with E-state index in [9.17, 15) is 25.9 Å². The zero-order valence-corrected chi connectivity index (χ0v) is 15.8. The molecule has 1 aliphatic rings. The fourth-order valence-corrected chi connectivity index (χ4v) is 3.50. The van der Waals surface area contributed by atoms with Crippen molar-refractivity contribution in [3.8, 4) is 0 Å². The Kier molecular flexibility index (Phi) is 7.51. The quantitative estimate of drug-likeness (QED) is 0.611. The smallest absolute Gasteiger partial charge is 0.437 e. The molecule has 0 aliphatic carbocycles. The monoisotopic (exact) mass is 389 g/mol. The molecule has 0 amide bonds. The van der Waals surface area contributed by atoms with E-state index in [2.05, 4.69) is 0 Å². The van der Waals surface area contributed by atoms with Gasteiger partial charge >= 0.3 is 10.3 Å². The van der Waals surface area contributed by atoms with E-state index >= 15 is 0 Å². The van der Waals surface area contributed by atoms with Crippen LogP contribution in [0.25, 0.3) is 0 Å². The predicted octanol–water partition coefficient (Wildman–Crippen LogP) is 2.39. The lowest BCUT2D eigenvalue weighted by Crippen LogP contribution is -2.49. The molecule has 0 bridgehead atoms. The summed E-state index contributed by atoms with van der Waals surface area (Å²) in [5.74, 6) is 0. The van der Waals surface area contributed by atoms with Crippen molar-refractivity contribution in [2.75, 3.05) is 13.1 Å². The highest BCUT2D eigenvalue weighted by Crippen LogP contribution is 2.20. The van der Waals surface area contributed by atoms with Gasteiger partial charge in [-0.05, 0) is 37.6 Å². The Balaban J connectivity index is 0.000000257. The number of nitrogens with zero attached hydrogens (tertiary/aromatic N) is 1. The molecule has 2 rings (SSSR count).